The average Bonchev–Trinajstić information content (AvgIpc) is 2.60. The number of amides is 1. The fourth-order valence-corrected chi connectivity index (χ4v) is 2.33. The quantitative estimate of drug-likeness (QED) is 0.822. The van der Waals surface area contributed by atoms with Gasteiger partial charge >= 0.3 is 5.97 Å². The Kier molecular flexibility index (Phi) is 6.17. The molecule has 0 saturated carbocycles. The molecule has 25 heavy (non-hydrogen) atoms. The van der Waals surface area contributed by atoms with Crippen molar-refractivity contribution in [2.24, 2.45) is 0 Å². The van der Waals surface area contributed by atoms with Crippen LogP contribution in [0.1, 0.15) is 27.0 Å². The third-order valence-corrected chi connectivity index (χ3v) is 3.89. The molecule has 0 radical (unpaired) electrons. The SMILES string of the molecule is Cc1ccc(C)c(C(=O)OCC(=O)NCc2ccc(N(C)C)cc2)c1. The normalized spacial score (nSPS) is 10.2. The highest BCUT2D eigenvalue weighted by atomic mass is 16.5. The summed E-state index contributed by atoms with van der Waals surface area (Å²) in [6.45, 7) is 3.85. The van der Waals surface area contributed by atoms with Crippen molar-refractivity contribution in [1.82, 2.24) is 5.32 Å². The topological polar surface area (TPSA) is 58.6 Å². The zero-order chi connectivity index (χ0) is 18.4. The average molecular weight is 340 g/mol. The van der Waals surface area contributed by atoms with Gasteiger partial charge in [-0.05, 0) is 43.2 Å². The van der Waals surface area contributed by atoms with E-state index in [0.717, 1.165) is 22.4 Å². The zero-order valence-electron chi connectivity index (χ0n) is 15.1. The maximum absolute atomic E-state index is 12.1. The molecule has 1 N–H and O–H groups in total. The van der Waals surface area contributed by atoms with Crippen molar-refractivity contribution in [3.05, 3.63) is 64.7 Å². The van der Waals surface area contributed by atoms with Gasteiger partial charge < -0.3 is 15.0 Å². The van der Waals surface area contributed by atoms with Crippen LogP contribution in [0, 0.1) is 13.8 Å². The van der Waals surface area contributed by atoms with Crippen LogP contribution in [-0.2, 0) is 16.1 Å². The molecule has 0 atom stereocenters. The first-order chi connectivity index (χ1) is 11.9. The van der Waals surface area contributed by atoms with Gasteiger partial charge in [0.05, 0.1) is 5.56 Å². The number of ether oxygens (including phenoxy) is 1. The highest BCUT2D eigenvalue weighted by Crippen LogP contribution is 2.13. The van der Waals surface area contributed by atoms with Crippen LogP contribution in [0.5, 0.6) is 0 Å². The molecule has 5 heteroatoms. The lowest BCUT2D eigenvalue weighted by atomic mass is 10.1. The van der Waals surface area contributed by atoms with Gasteiger partial charge in [-0.2, -0.15) is 0 Å². The first kappa shape index (κ1) is 18.5. The lowest BCUT2D eigenvalue weighted by molar-refractivity contribution is -0.124. The Bertz CT molecular complexity index is 752. The van der Waals surface area contributed by atoms with E-state index in [4.69, 9.17) is 4.74 Å². The van der Waals surface area contributed by atoms with E-state index < -0.39 is 5.97 Å². The molecule has 0 spiro atoms. The Hall–Kier alpha value is -2.82. The number of carbonyl (C=O) groups is 2. The van der Waals surface area contributed by atoms with Crippen molar-refractivity contribution in [2.75, 3.05) is 25.6 Å². The summed E-state index contributed by atoms with van der Waals surface area (Å²) in [6, 6.07) is 13.4. The summed E-state index contributed by atoms with van der Waals surface area (Å²) in [5.41, 5.74) is 4.38. The van der Waals surface area contributed by atoms with E-state index in [0.29, 0.717) is 12.1 Å². The molecule has 0 aliphatic rings. The number of hydrogen-bond donors (Lipinski definition) is 1. The highest BCUT2D eigenvalue weighted by molar-refractivity contribution is 5.92. The van der Waals surface area contributed by atoms with Crippen LogP contribution in [0.25, 0.3) is 0 Å². The monoisotopic (exact) mass is 340 g/mol. The van der Waals surface area contributed by atoms with Crippen molar-refractivity contribution in [3.63, 3.8) is 0 Å². The summed E-state index contributed by atoms with van der Waals surface area (Å²) in [6.07, 6.45) is 0. The van der Waals surface area contributed by atoms with Gasteiger partial charge in [-0.1, -0.05) is 29.8 Å². The number of nitrogens with zero attached hydrogens (tertiary/aromatic N) is 1. The maximum atomic E-state index is 12.1. The second-order valence-corrected chi connectivity index (χ2v) is 6.23. The summed E-state index contributed by atoms with van der Waals surface area (Å²) in [5, 5.41) is 2.75. The number of nitrogens with one attached hydrogen (secondary N) is 1. The number of aryl methyl sites for hydroxylation is 2. The standard InChI is InChI=1S/C20H24N2O3/c1-14-5-6-15(2)18(11-14)20(24)25-13-19(23)21-12-16-7-9-17(10-8-16)22(3)4/h5-11H,12-13H2,1-4H3,(H,21,23). The predicted octanol–water partition coefficient (Wildman–Crippen LogP) is 2.84. The van der Waals surface area contributed by atoms with Crippen LogP contribution >= 0.6 is 0 Å². The molecule has 5 nitrogen and oxygen atoms in total. The van der Waals surface area contributed by atoms with Crippen molar-refractivity contribution < 1.29 is 14.3 Å². The minimum atomic E-state index is -0.480. The fraction of sp³-hybridized carbons (Fsp3) is 0.300. The maximum Gasteiger partial charge on any atom is 0.338 e. The molecule has 0 aromatic heterocycles. The Labute approximate surface area is 148 Å². The molecule has 2 aromatic rings. The van der Waals surface area contributed by atoms with Gasteiger partial charge in [0.15, 0.2) is 6.61 Å². The van der Waals surface area contributed by atoms with E-state index in [1.807, 2.05) is 69.2 Å². The van der Waals surface area contributed by atoms with Crippen LogP contribution in [0.2, 0.25) is 0 Å². The minimum Gasteiger partial charge on any atom is -0.452 e. The first-order valence-corrected chi connectivity index (χ1v) is 8.14. The molecule has 1 amide bonds. The van der Waals surface area contributed by atoms with E-state index in [9.17, 15) is 9.59 Å². The molecular formula is C20H24N2O3. The van der Waals surface area contributed by atoms with Gasteiger partial charge in [0.25, 0.3) is 5.91 Å². The van der Waals surface area contributed by atoms with Crippen molar-refractivity contribution in [2.45, 2.75) is 20.4 Å². The zero-order valence-corrected chi connectivity index (χ0v) is 15.1. The second-order valence-electron chi connectivity index (χ2n) is 6.23. The van der Waals surface area contributed by atoms with Crippen molar-refractivity contribution in [3.8, 4) is 0 Å². The lowest BCUT2D eigenvalue weighted by Gasteiger charge is -2.13. The largest absolute Gasteiger partial charge is 0.452 e. The number of anilines is 1. The summed E-state index contributed by atoms with van der Waals surface area (Å²) < 4.78 is 5.11. The summed E-state index contributed by atoms with van der Waals surface area (Å²) in [7, 11) is 3.95. The van der Waals surface area contributed by atoms with E-state index >= 15 is 0 Å². The third-order valence-electron chi connectivity index (χ3n) is 3.89. The number of hydrogen-bond acceptors (Lipinski definition) is 4. The molecule has 0 aliphatic carbocycles. The van der Waals surface area contributed by atoms with E-state index in [1.165, 1.54) is 0 Å². The summed E-state index contributed by atoms with van der Waals surface area (Å²) in [5.74, 6) is -0.804. The van der Waals surface area contributed by atoms with Gasteiger partial charge in [-0.25, -0.2) is 4.79 Å². The Morgan fingerprint density at radius 1 is 1.04 bits per heavy atom. The minimum absolute atomic E-state index is 0.290. The molecule has 0 saturated heterocycles. The molecule has 0 unspecified atom stereocenters. The number of carbonyl (C=O) groups excluding carboxylic acids is 2. The Balaban J connectivity index is 1.82. The molecule has 0 heterocycles. The lowest BCUT2D eigenvalue weighted by Crippen LogP contribution is -2.28. The molecule has 0 bridgehead atoms. The molecule has 2 aromatic carbocycles. The molecular weight excluding hydrogens is 316 g/mol. The second kappa shape index (κ2) is 8.33. The Morgan fingerprint density at radius 2 is 1.72 bits per heavy atom. The van der Waals surface area contributed by atoms with Gasteiger partial charge in [0, 0.05) is 26.3 Å². The third kappa shape index (κ3) is 5.35. The number of benzene rings is 2. The summed E-state index contributed by atoms with van der Waals surface area (Å²) in [4.78, 5) is 26.0. The molecule has 0 fully saturated rings. The van der Waals surface area contributed by atoms with E-state index in [1.54, 1.807) is 6.07 Å². The van der Waals surface area contributed by atoms with Gasteiger partial charge in [0.2, 0.25) is 0 Å². The van der Waals surface area contributed by atoms with Crippen LogP contribution in [0.15, 0.2) is 42.5 Å². The van der Waals surface area contributed by atoms with Crippen molar-refractivity contribution in [1.29, 1.82) is 0 Å². The van der Waals surface area contributed by atoms with Gasteiger partial charge in [0.1, 0.15) is 0 Å². The molecule has 0 aliphatic heterocycles. The first-order valence-electron chi connectivity index (χ1n) is 8.14. The van der Waals surface area contributed by atoms with E-state index in [2.05, 4.69) is 5.32 Å². The number of rotatable bonds is 6. The molecule has 2 rings (SSSR count). The number of esters is 1. The summed E-state index contributed by atoms with van der Waals surface area (Å²) >= 11 is 0. The van der Waals surface area contributed by atoms with Crippen molar-refractivity contribution >= 4 is 17.6 Å². The smallest absolute Gasteiger partial charge is 0.338 e. The predicted molar refractivity (Wildman–Crippen MR) is 98.8 cm³/mol. The Morgan fingerprint density at radius 3 is 2.36 bits per heavy atom. The highest BCUT2D eigenvalue weighted by Gasteiger charge is 2.12. The van der Waals surface area contributed by atoms with Crippen LogP contribution < -0.4 is 10.2 Å². The van der Waals surface area contributed by atoms with Crippen LogP contribution in [0.3, 0.4) is 0 Å². The van der Waals surface area contributed by atoms with Gasteiger partial charge in [-0.3, -0.25) is 4.79 Å². The van der Waals surface area contributed by atoms with Crippen LogP contribution in [-0.4, -0.2) is 32.6 Å². The molecule has 132 valence electrons. The fourth-order valence-electron chi connectivity index (χ4n) is 2.33. The van der Waals surface area contributed by atoms with Crippen LogP contribution in [0.4, 0.5) is 5.69 Å². The van der Waals surface area contributed by atoms with E-state index in [-0.39, 0.29) is 12.5 Å². The van der Waals surface area contributed by atoms with Gasteiger partial charge in [-0.15, -0.1) is 0 Å².